The fourth-order valence-corrected chi connectivity index (χ4v) is 0.934. The standard InChI is InChI=1S/C8H12N2O3/c1-5(11)6-4-7(12-2)9-10-8(6)13-3/h4-5,11H,1-3H3. The summed E-state index contributed by atoms with van der Waals surface area (Å²) in [7, 11) is 2.96. The smallest absolute Gasteiger partial charge is 0.239 e. The van der Waals surface area contributed by atoms with Crippen LogP contribution in [-0.2, 0) is 0 Å². The summed E-state index contributed by atoms with van der Waals surface area (Å²) in [4.78, 5) is 0. The number of hydrogen-bond acceptors (Lipinski definition) is 5. The molecule has 0 bridgehead atoms. The lowest BCUT2D eigenvalue weighted by atomic mass is 10.2. The van der Waals surface area contributed by atoms with Gasteiger partial charge >= 0.3 is 0 Å². The first kappa shape index (κ1) is 9.73. The van der Waals surface area contributed by atoms with Crippen LogP contribution in [0.4, 0.5) is 0 Å². The first-order valence-corrected chi connectivity index (χ1v) is 3.82. The minimum absolute atomic E-state index is 0.316. The Kier molecular flexibility index (Phi) is 3.02. The zero-order valence-electron chi connectivity index (χ0n) is 7.81. The van der Waals surface area contributed by atoms with E-state index in [1.807, 2.05) is 0 Å². The minimum Gasteiger partial charge on any atom is -0.480 e. The van der Waals surface area contributed by atoms with Gasteiger partial charge in [-0.2, -0.15) is 0 Å². The van der Waals surface area contributed by atoms with Gasteiger partial charge in [0.1, 0.15) is 0 Å². The second-order valence-electron chi connectivity index (χ2n) is 2.53. The minimum atomic E-state index is -0.653. The van der Waals surface area contributed by atoms with E-state index in [-0.39, 0.29) is 0 Å². The zero-order valence-corrected chi connectivity index (χ0v) is 7.81. The van der Waals surface area contributed by atoms with Crippen molar-refractivity contribution >= 4 is 0 Å². The summed E-state index contributed by atoms with van der Waals surface area (Å²) in [5.41, 5.74) is 0.564. The summed E-state index contributed by atoms with van der Waals surface area (Å²) in [5, 5.41) is 16.8. The summed E-state index contributed by atoms with van der Waals surface area (Å²) >= 11 is 0. The molecule has 1 aromatic heterocycles. The van der Waals surface area contributed by atoms with Gasteiger partial charge in [-0.15, -0.1) is 10.2 Å². The van der Waals surface area contributed by atoms with E-state index in [0.717, 1.165) is 0 Å². The lowest BCUT2D eigenvalue weighted by Crippen LogP contribution is -2.02. The highest BCUT2D eigenvalue weighted by atomic mass is 16.5. The fraction of sp³-hybridized carbons (Fsp3) is 0.500. The molecule has 0 saturated carbocycles. The van der Waals surface area contributed by atoms with Gasteiger partial charge in [-0.3, -0.25) is 0 Å². The third-order valence-corrected chi connectivity index (χ3v) is 1.62. The number of aliphatic hydroxyl groups excluding tert-OH is 1. The van der Waals surface area contributed by atoms with Crippen LogP contribution >= 0.6 is 0 Å². The van der Waals surface area contributed by atoms with Gasteiger partial charge in [0.05, 0.1) is 20.3 Å². The molecule has 0 aliphatic rings. The van der Waals surface area contributed by atoms with Crippen molar-refractivity contribution < 1.29 is 14.6 Å². The molecule has 13 heavy (non-hydrogen) atoms. The third kappa shape index (κ3) is 2.06. The van der Waals surface area contributed by atoms with Crippen molar-refractivity contribution in [2.24, 2.45) is 0 Å². The molecular formula is C8H12N2O3. The van der Waals surface area contributed by atoms with Crippen LogP contribution in [0.15, 0.2) is 6.07 Å². The van der Waals surface area contributed by atoms with Gasteiger partial charge in [-0.1, -0.05) is 0 Å². The number of aromatic nitrogens is 2. The van der Waals surface area contributed by atoms with Gasteiger partial charge in [0, 0.05) is 11.6 Å². The van der Waals surface area contributed by atoms with Gasteiger partial charge in [0.15, 0.2) is 0 Å². The highest BCUT2D eigenvalue weighted by Crippen LogP contribution is 2.24. The molecule has 1 heterocycles. The van der Waals surface area contributed by atoms with E-state index in [0.29, 0.717) is 17.3 Å². The highest BCUT2D eigenvalue weighted by molar-refractivity contribution is 5.30. The molecule has 0 amide bonds. The van der Waals surface area contributed by atoms with Crippen LogP contribution in [0.25, 0.3) is 0 Å². The Balaban J connectivity index is 3.10. The lowest BCUT2D eigenvalue weighted by molar-refractivity contribution is 0.191. The molecule has 0 aliphatic heterocycles. The number of ether oxygens (including phenoxy) is 2. The first-order chi connectivity index (χ1) is 6.19. The number of aliphatic hydroxyl groups is 1. The van der Waals surface area contributed by atoms with Gasteiger partial charge in [0.25, 0.3) is 0 Å². The summed E-state index contributed by atoms with van der Waals surface area (Å²) in [6, 6.07) is 1.59. The average molecular weight is 184 g/mol. The van der Waals surface area contributed by atoms with E-state index < -0.39 is 6.10 Å². The Morgan fingerprint density at radius 3 is 2.46 bits per heavy atom. The average Bonchev–Trinajstić information content (AvgIpc) is 2.16. The Bertz CT molecular complexity index is 289. The summed E-state index contributed by atoms with van der Waals surface area (Å²) < 4.78 is 9.78. The maximum absolute atomic E-state index is 9.35. The van der Waals surface area contributed by atoms with E-state index in [1.165, 1.54) is 14.2 Å². The number of nitrogens with zero attached hydrogens (tertiary/aromatic N) is 2. The van der Waals surface area contributed by atoms with Gasteiger partial charge in [-0.05, 0) is 6.92 Å². The third-order valence-electron chi connectivity index (χ3n) is 1.62. The van der Waals surface area contributed by atoms with Gasteiger partial charge < -0.3 is 14.6 Å². The molecule has 0 saturated heterocycles. The van der Waals surface area contributed by atoms with E-state index in [2.05, 4.69) is 10.2 Å². The summed E-state index contributed by atoms with van der Waals surface area (Å²) in [6.45, 7) is 1.62. The van der Waals surface area contributed by atoms with E-state index >= 15 is 0 Å². The number of methoxy groups -OCH3 is 2. The van der Waals surface area contributed by atoms with Crippen LogP contribution in [0.3, 0.4) is 0 Å². The topological polar surface area (TPSA) is 64.5 Å². The van der Waals surface area contributed by atoms with Crippen molar-refractivity contribution in [2.45, 2.75) is 13.0 Å². The van der Waals surface area contributed by atoms with Crippen LogP contribution in [-0.4, -0.2) is 29.5 Å². The Hall–Kier alpha value is -1.36. The van der Waals surface area contributed by atoms with Crippen LogP contribution in [0.2, 0.25) is 0 Å². The van der Waals surface area contributed by atoms with Crippen molar-refractivity contribution in [1.82, 2.24) is 10.2 Å². The molecule has 1 rings (SSSR count). The Morgan fingerprint density at radius 1 is 1.31 bits per heavy atom. The molecular weight excluding hydrogens is 172 g/mol. The van der Waals surface area contributed by atoms with Crippen LogP contribution in [0.5, 0.6) is 11.8 Å². The fourth-order valence-electron chi connectivity index (χ4n) is 0.934. The molecule has 5 heteroatoms. The van der Waals surface area contributed by atoms with Crippen molar-refractivity contribution in [3.63, 3.8) is 0 Å². The van der Waals surface area contributed by atoms with E-state index in [4.69, 9.17) is 9.47 Å². The maximum atomic E-state index is 9.35. The monoisotopic (exact) mass is 184 g/mol. The van der Waals surface area contributed by atoms with Crippen molar-refractivity contribution in [2.75, 3.05) is 14.2 Å². The van der Waals surface area contributed by atoms with Crippen molar-refractivity contribution in [3.05, 3.63) is 11.6 Å². The molecule has 1 aromatic rings. The molecule has 0 aliphatic carbocycles. The lowest BCUT2D eigenvalue weighted by Gasteiger charge is -2.09. The summed E-state index contributed by atoms with van der Waals surface area (Å²) in [6.07, 6.45) is -0.653. The normalized spacial score (nSPS) is 12.3. The molecule has 1 unspecified atom stereocenters. The predicted molar refractivity (Wildman–Crippen MR) is 45.8 cm³/mol. The number of hydrogen-bond donors (Lipinski definition) is 1. The first-order valence-electron chi connectivity index (χ1n) is 3.82. The van der Waals surface area contributed by atoms with Crippen LogP contribution < -0.4 is 9.47 Å². The van der Waals surface area contributed by atoms with Crippen molar-refractivity contribution in [3.8, 4) is 11.8 Å². The number of rotatable bonds is 3. The maximum Gasteiger partial charge on any atom is 0.239 e. The van der Waals surface area contributed by atoms with E-state index in [9.17, 15) is 5.11 Å². The molecule has 1 atom stereocenters. The zero-order chi connectivity index (χ0) is 9.84. The quantitative estimate of drug-likeness (QED) is 0.743. The van der Waals surface area contributed by atoms with Gasteiger partial charge in [0.2, 0.25) is 11.8 Å². The molecule has 5 nitrogen and oxygen atoms in total. The van der Waals surface area contributed by atoms with E-state index in [1.54, 1.807) is 13.0 Å². The van der Waals surface area contributed by atoms with Gasteiger partial charge in [-0.25, -0.2) is 0 Å². The molecule has 0 spiro atoms. The molecule has 0 aromatic carbocycles. The second-order valence-corrected chi connectivity index (χ2v) is 2.53. The van der Waals surface area contributed by atoms with Crippen LogP contribution in [0.1, 0.15) is 18.6 Å². The van der Waals surface area contributed by atoms with Crippen molar-refractivity contribution in [1.29, 1.82) is 0 Å². The Labute approximate surface area is 76.3 Å². The molecule has 0 radical (unpaired) electrons. The molecule has 0 fully saturated rings. The largest absolute Gasteiger partial charge is 0.480 e. The predicted octanol–water partition coefficient (Wildman–Crippen LogP) is 0.547. The highest BCUT2D eigenvalue weighted by Gasteiger charge is 2.12. The van der Waals surface area contributed by atoms with Crippen LogP contribution in [0, 0.1) is 0 Å². The molecule has 72 valence electrons. The SMILES string of the molecule is COc1cc(C(C)O)c(OC)nn1. The molecule has 1 N–H and O–H groups in total. The second kappa shape index (κ2) is 4.04. The summed E-state index contributed by atoms with van der Waals surface area (Å²) in [5.74, 6) is 0.674. The Morgan fingerprint density at radius 2 is 2.00 bits per heavy atom.